The number of carbonyl (C=O) groups is 1. The van der Waals surface area contributed by atoms with Crippen LogP contribution in [-0.4, -0.2) is 40.3 Å². The van der Waals surface area contributed by atoms with Crippen LogP contribution >= 0.6 is 11.6 Å². The van der Waals surface area contributed by atoms with Crippen molar-refractivity contribution >= 4 is 17.5 Å². The summed E-state index contributed by atoms with van der Waals surface area (Å²) in [6.07, 6.45) is 4.07. The van der Waals surface area contributed by atoms with Crippen LogP contribution in [0.3, 0.4) is 0 Å². The van der Waals surface area contributed by atoms with E-state index in [1.165, 1.54) is 12.1 Å². The molecule has 1 aromatic heterocycles. The third-order valence-electron chi connectivity index (χ3n) is 4.19. The van der Waals surface area contributed by atoms with Gasteiger partial charge in [-0.3, -0.25) is 14.7 Å². The Bertz CT molecular complexity index is 711. The predicted molar refractivity (Wildman–Crippen MR) is 91.0 cm³/mol. The van der Waals surface area contributed by atoms with E-state index in [0.717, 1.165) is 30.8 Å². The lowest BCUT2D eigenvalue weighted by molar-refractivity contribution is -0.130. The predicted octanol–water partition coefficient (Wildman–Crippen LogP) is 3.11. The van der Waals surface area contributed by atoms with E-state index in [1.807, 2.05) is 18.3 Å². The van der Waals surface area contributed by atoms with E-state index in [2.05, 4.69) is 9.88 Å². The molecule has 1 amide bonds. The van der Waals surface area contributed by atoms with Crippen molar-refractivity contribution in [2.75, 3.05) is 19.6 Å². The highest BCUT2D eigenvalue weighted by atomic mass is 35.5. The molecular formula is C18H19ClFN3O. The van der Waals surface area contributed by atoms with Crippen molar-refractivity contribution in [1.29, 1.82) is 0 Å². The summed E-state index contributed by atoms with van der Waals surface area (Å²) in [5.41, 5.74) is 1.91. The Morgan fingerprint density at radius 2 is 2.04 bits per heavy atom. The third-order valence-corrected chi connectivity index (χ3v) is 4.54. The number of hydrogen-bond acceptors (Lipinski definition) is 3. The quantitative estimate of drug-likeness (QED) is 0.852. The average Bonchev–Trinajstić information content (AvgIpc) is 2.74. The molecule has 4 nitrogen and oxygen atoms in total. The lowest BCUT2D eigenvalue weighted by Gasteiger charge is -2.22. The first kappa shape index (κ1) is 16.9. The highest BCUT2D eigenvalue weighted by molar-refractivity contribution is 6.31. The largest absolute Gasteiger partial charge is 0.337 e. The molecule has 126 valence electrons. The molecule has 1 saturated heterocycles. The van der Waals surface area contributed by atoms with Gasteiger partial charge in [0.25, 0.3) is 0 Å². The summed E-state index contributed by atoms with van der Waals surface area (Å²) in [5.74, 6) is -0.266. The topological polar surface area (TPSA) is 36.4 Å². The van der Waals surface area contributed by atoms with Crippen molar-refractivity contribution in [3.63, 3.8) is 0 Å². The van der Waals surface area contributed by atoms with E-state index in [9.17, 15) is 9.18 Å². The van der Waals surface area contributed by atoms with Crippen LogP contribution in [0.1, 0.15) is 17.5 Å². The molecule has 1 fully saturated rings. The van der Waals surface area contributed by atoms with Gasteiger partial charge >= 0.3 is 0 Å². The van der Waals surface area contributed by atoms with Gasteiger partial charge in [0.15, 0.2) is 0 Å². The number of nitrogens with zero attached hydrogens (tertiary/aromatic N) is 3. The molecule has 0 spiro atoms. The Balaban J connectivity index is 1.63. The number of aromatic nitrogens is 1. The summed E-state index contributed by atoms with van der Waals surface area (Å²) in [4.78, 5) is 20.5. The average molecular weight is 348 g/mol. The zero-order valence-electron chi connectivity index (χ0n) is 13.3. The fourth-order valence-electron chi connectivity index (χ4n) is 2.84. The number of hydrogen-bond donors (Lipinski definition) is 0. The second kappa shape index (κ2) is 7.73. The maximum Gasteiger partial charge on any atom is 0.224 e. The molecule has 0 radical (unpaired) electrons. The minimum absolute atomic E-state index is 0.101. The van der Waals surface area contributed by atoms with E-state index in [0.29, 0.717) is 24.5 Å². The van der Waals surface area contributed by atoms with Crippen LogP contribution in [-0.2, 0) is 17.9 Å². The highest BCUT2D eigenvalue weighted by Crippen LogP contribution is 2.20. The summed E-state index contributed by atoms with van der Waals surface area (Å²) in [6.45, 7) is 3.35. The lowest BCUT2D eigenvalue weighted by atomic mass is 10.2. The zero-order chi connectivity index (χ0) is 16.9. The lowest BCUT2D eigenvalue weighted by Crippen LogP contribution is -2.32. The van der Waals surface area contributed by atoms with Gasteiger partial charge in [0.1, 0.15) is 5.82 Å². The monoisotopic (exact) mass is 347 g/mol. The van der Waals surface area contributed by atoms with Crippen molar-refractivity contribution in [1.82, 2.24) is 14.8 Å². The van der Waals surface area contributed by atoms with Crippen LogP contribution in [0, 0.1) is 5.82 Å². The van der Waals surface area contributed by atoms with Crippen LogP contribution in [0.5, 0.6) is 0 Å². The van der Waals surface area contributed by atoms with Crippen LogP contribution in [0.4, 0.5) is 4.39 Å². The summed E-state index contributed by atoms with van der Waals surface area (Å²) < 4.78 is 13.1. The standard InChI is InChI=1S/C18H19ClFN3O/c19-17-10-16(20)4-3-15(17)13-23-9-8-22(7-5-18(23)24)12-14-2-1-6-21-11-14/h1-4,6,10-11H,5,7-9,12-13H2. The molecule has 2 heterocycles. The van der Waals surface area contributed by atoms with Gasteiger partial charge in [0, 0.05) is 56.6 Å². The van der Waals surface area contributed by atoms with E-state index >= 15 is 0 Å². The molecule has 24 heavy (non-hydrogen) atoms. The maximum absolute atomic E-state index is 13.1. The van der Waals surface area contributed by atoms with E-state index < -0.39 is 0 Å². The first-order valence-corrected chi connectivity index (χ1v) is 8.32. The van der Waals surface area contributed by atoms with Crippen LogP contribution in [0.25, 0.3) is 0 Å². The minimum Gasteiger partial charge on any atom is -0.337 e. The Kier molecular flexibility index (Phi) is 5.43. The van der Waals surface area contributed by atoms with Crippen LogP contribution in [0.15, 0.2) is 42.7 Å². The second-order valence-electron chi connectivity index (χ2n) is 5.94. The molecule has 0 atom stereocenters. The van der Waals surface area contributed by atoms with Gasteiger partial charge in [-0.15, -0.1) is 0 Å². The van der Waals surface area contributed by atoms with Gasteiger partial charge < -0.3 is 4.90 Å². The molecular weight excluding hydrogens is 329 g/mol. The highest BCUT2D eigenvalue weighted by Gasteiger charge is 2.21. The molecule has 1 aliphatic heterocycles. The molecule has 1 aliphatic rings. The third kappa shape index (κ3) is 4.30. The number of amides is 1. The number of pyridine rings is 1. The summed E-state index contributed by atoms with van der Waals surface area (Å²) >= 11 is 6.08. The fraction of sp³-hybridized carbons (Fsp3) is 0.333. The molecule has 0 aliphatic carbocycles. The van der Waals surface area contributed by atoms with Gasteiger partial charge in [-0.05, 0) is 29.3 Å². The second-order valence-corrected chi connectivity index (χ2v) is 6.35. The summed E-state index contributed by atoms with van der Waals surface area (Å²) in [7, 11) is 0. The van der Waals surface area contributed by atoms with Crippen molar-refractivity contribution in [3.05, 3.63) is 64.7 Å². The SMILES string of the molecule is O=C1CCN(Cc2cccnc2)CCN1Cc1ccc(F)cc1Cl. The van der Waals surface area contributed by atoms with Gasteiger partial charge in [0.05, 0.1) is 0 Å². The number of benzene rings is 1. The van der Waals surface area contributed by atoms with Crippen molar-refractivity contribution in [2.24, 2.45) is 0 Å². The van der Waals surface area contributed by atoms with E-state index in [4.69, 9.17) is 11.6 Å². The van der Waals surface area contributed by atoms with Crippen molar-refractivity contribution in [3.8, 4) is 0 Å². The smallest absolute Gasteiger partial charge is 0.224 e. The fourth-order valence-corrected chi connectivity index (χ4v) is 3.07. The number of carbonyl (C=O) groups excluding carboxylic acids is 1. The number of rotatable bonds is 4. The molecule has 0 N–H and O–H groups in total. The first-order chi connectivity index (χ1) is 11.6. The van der Waals surface area contributed by atoms with Gasteiger partial charge in [-0.25, -0.2) is 4.39 Å². The van der Waals surface area contributed by atoms with Crippen LogP contribution < -0.4 is 0 Å². The Morgan fingerprint density at radius 3 is 2.79 bits per heavy atom. The van der Waals surface area contributed by atoms with Gasteiger partial charge in [0.2, 0.25) is 5.91 Å². The maximum atomic E-state index is 13.1. The molecule has 2 aromatic rings. The molecule has 1 aromatic carbocycles. The van der Waals surface area contributed by atoms with Gasteiger partial charge in [-0.1, -0.05) is 23.7 Å². The minimum atomic E-state index is -0.367. The van der Waals surface area contributed by atoms with Crippen LogP contribution in [0.2, 0.25) is 5.02 Å². The van der Waals surface area contributed by atoms with E-state index in [-0.39, 0.29) is 11.7 Å². The van der Waals surface area contributed by atoms with E-state index in [1.54, 1.807) is 17.2 Å². The van der Waals surface area contributed by atoms with Crippen molar-refractivity contribution in [2.45, 2.75) is 19.5 Å². The molecule has 6 heteroatoms. The molecule has 3 rings (SSSR count). The Morgan fingerprint density at radius 1 is 1.17 bits per heavy atom. The van der Waals surface area contributed by atoms with Crippen molar-refractivity contribution < 1.29 is 9.18 Å². The molecule has 0 saturated carbocycles. The number of halogens is 2. The molecule has 0 unspecified atom stereocenters. The Labute approximate surface area is 145 Å². The normalized spacial score (nSPS) is 16.2. The van der Waals surface area contributed by atoms with Gasteiger partial charge in [-0.2, -0.15) is 0 Å². The summed E-state index contributed by atoms with van der Waals surface area (Å²) in [5, 5.41) is 0.360. The Hall–Kier alpha value is -1.98. The molecule has 0 bridgehead atoms. The zero-order valence-corrected chi connectivity index (χ0v) is 14.0. The first-order valence-electron chi connectivity index (χ1n) is 7.95. The summed E-state index contributed by atoms with van der Waals surface area (Å²) in [6, 6.07) is 8.26.